The third-order valence-electron chi connectivity index (χ3n) is 2.30. The van der Waals surface area contributed by atoms with Crippen molar-refractivity contribution in [2.24, 2.45) is 0 Å². The third-order valence-corrected chi connectivity index (χ3v) is 2.89. The van der Waals surface area contributed by atoms with Gasteiger partial charge in [0.2, 0.25) is 5.91 Å². The van der Waals surface area contributed by atoms with E-state index in [0.717, 1.165) is 0 Å². The minimum Gasteiger partial charge on any atom is -0.480 e. The number of hydrogen-bond donors (Lipinski definition) is 4. The lowest BCUT2D eigenvalue weighted by Gasteiger charge is -2.16. The van der Waals surface area contributed by atoms with Crippen LogP contribution < -0.4 is 10.0 Å². The van der Waals surface area contributed by atoms with E-state index in [0.29, 0.717) is 5.56 Å². The predicted octanol–water partition coefficient (Wildman–Crippen LogP) is -0.809. The zero-order valence-electron chi connectivity index (χ0n) is 10.3. The largest absolute Gasteiger partial charge is 0.480 e. The summed E-state index contributed by atoms with van der Waals surface area (Å²) in [4.78, 5) is 22.1. The summed E-state index contributed by atoms with van der Waals surface area (Å²) in [7, 11) is -4.59. The van der Waals surface area contributed by atoms with Crippen LogP contribution in [0.25, 0.3) is 0 Å². The molecule has 0 radical (unpaired) electrons. The molecule has 0 aliphatic heterocycles. The first-order chi connectivity index (χ1) is 9.28. The van der Waals surface area contributed by atoms with Crippen LogP contribution in [0.5, 0.6) is 0 Å². The molecule has 110 valence electrons. The SMILES string of the molecule is O=C(O)CNC(=O)C(Cc1ccccc1)NS(=O)(=O)O. The van der Waals surface area contributed by atoms with Gasteiger partial charge in [-0.15, -0.1) is 0 Å². The number of aliphatic carboxylic acids is 1. The molecule has 1 aromatic carbocycles. The van der Waals surface area contributed by atoms with Crippen LogP contribution in [-0.4, -0.2) is 42.5 Å². The van der Waals surface area contributed by atoms with Gasteiger partial charge in [-0.25, -0.2) is 0 Å². The van der Waals surface area contributed by atoms with Gasteiger partial charge in [-0.3, -0.25) is 14.1 Å². The van der Waals surface area contributed by atoms with Gasteiger partial charge in [0.1, 0.15) is 12.6 Å². The van der Waals surface area contributed by atoms with Gasteiger partial charge in [-0.1, -0.05) is 30.3 Å². The van der Waals surface area contributed by atoms with Crippen molar-refractivity contribution in [3.05, 3.63) is 35.9 Å². The molecule has 9 heteroatoms. The molecule has 1 rings (SSSR count). The molecule has 0 bridgehead atoms. The molecule has 0 spiro atoms. The van der Waals surface area contributed by atoms with Gasteiger partial charge in [-0.05, 0) is 12.0 Å². The summed E-state index contributed by atoms with van der Waals surface area (Å²) < 4.78 is 32.2. The van der Waals surface area contributed by atoms with Gasteiger partial charge >= 0.3 is 16.3 Å². The normalized spacial score (nSPS) is 12.7. The van der Waals surface area contributed by atoms with Gasteiger partial charge in [0, 0.05) is 0 Å². The van der Waals surface area contributed by atoms with E-state index >= 15 is 0 Å². The van der Waals surface area contributed by atoms with Crippen LogP contribution in [0.4, 0.5) is 0 Å². The number of benzene rings is 1. The summed E-state index contributed by atoms with van der Waals surface area (Å²) in [5.74, 6) is -2.10. The first kappa shape index (κ1) is 16.1. The molecular weight excluding hydrogens is 288 g/mol. The second-order valence-electron chi connectivity index (χ2n) is 3.95. The lowest BCUT2D eigenvalue weighted by molar-refractivity contribution is -0.138. The molecule has 0 aliphatic carbocycles. The number of nitrogens with one attached hydrogen (secondary N) is 2. The number of rotatable bonds is 7. The fourth-order valence-electron chi connectivity index (χ4n) is 1.50. The molecule has 0 fully saturated rings. The van der Waals surface area contributed by atoms with Crippen molar-refractivity contribution in [1.82, 2.24) is 10.0 Å². The van der Waals surface area contributed by atoms with E-state index < -0.39 is 34.8 Å². The highest BCUT2D eigenvalue weighted by atomic mass is 32.2. The zero-order valence-corrected chi connectivity index (χ0v) is 11.1. The van der Waals surface area contributed by atoms with Crippen molar-refractivity contribution in [2.45, 2.75) is 12.5 Å². The fraction of sp³-hybridized carbons (Fsp3) is 0.273. The van der Waals surface area contributed by atoms with Crippen LogP contribution >= 0.6 is 0 Å². The molecule has 1 amide bonds. The van der Waals surface area contributed by atoms with Crippen molar-refractivity contribution >= 4 is 22.2 Å². The minimum atomic E-state index is -4.59. The Hall–Kier alpha value is -1.97. The molecule has 4 N–H and O–H groups in total. The van der Waals surface area contributed by atoms with Crippen LogP contribution in [0, 0.1) is 0 Å². The van der Waals surface area contributed by atoms with Crippen molar-refractivity contribution < 1.29 is 27.7 Å². The Labute approximate surface area is 115 Å². The Bertz CT molecular complexity index is 572. The van der Waals surface area contributed by atoms with Gasteiger partial charge in [0.25, 0.3) is 0 Å². The van der Waals surface area contributed by atoms with Crippen molar-refractivity contribution in [2.75, 3.05) is 6.54 Å². The lowest BCUT2D eigenvalue weighted by Crippen LogP contribution is -2.48. The Morgan fingerprint density at radius 3 is 2.30 bits per heavy atom. The van der Waals surface area contributed by atoms with E-state index in [1.54, 1.807) is 35.1 Å². The summed E-state index contributed by atoms with van der Waals surface area (Å²) in [6.45, 7) is -0.642. The highest BCUT2D eigenvalue weighted by Crippen LogP contribution is 2.04. The molecule has 1 unspecified atom stereocenters. The van der Waals surface area contributed by atoms with Crippen molar-refractivity contribution in [3.8, 4) is 0 Å². The summed E-state index contributed by atoms with van der Waals surface area (Å²) in [5, 5.41) is 10.5. The first-order valence-corrected chi connectivity index (χ1v) is 7.00. The highest BCUT2D eigenvalue weighted by Gasteiger charge is 2.23. The standard InChI is InChI=1S/C11H14N2O6S/c14-10(15)7-12-11(16)9(13-20(17,18)19)6-8-4-2-1-3-5-8/h1-5,9,13H,6-7H2,(H,12,16)(H,14,15)(H,17,18,19). The number of amides is 1. The van der Waals surface area contributed by atoms with Crippen LogP contribution in [-0.2, 0) is 26.3 Å². The zero-order chi connectivity index (χ0) is 15.2. The maximum absolute atomic E-state index is 11.7. The molecule has 0 aliphatic rings. The summed E-state index contributed by atoms with van der Waals surface area (Å²) in [6.07, 6.45) is -0.0217. The molecule has 0 saturated heterocycles. The van der Waals surface area contributed by atoms with E-state index in [-0.39, 0.29) is 6.42 Å². The second-order valence-corrected chi connectivity index (χ2v) is 5.13. The smallest absolute Gasteiger partial charge is 0.334 e. The predicted molar refractivity (Wildman–Crippen MR) is 69.3 cm³/mol. The number of carbonyl (C=O) groups excluding carboxylic acids is 1. The van der Waals surface area contributed by atoms with E-state index in [4.69, 9.17) is 9.66 Å². The van der Waals surface area contributed by atoms with Crippen molar-refractivity contribution in [3.63, 3.8) is 0 Å². The van der Waals surface area contributed by atoms with E-state index in [9.17, 15) is 18.0 Å². The van der Waals surface area contributed by atoms with Gasteiger partial charge in [0.15, 0.2) is 0 Å². The molecule has 0 aromatic heterocycles. The Morgan fingerprint density at radius 2 is 1.80 bits per heavy atom. The Balaban J connectivity index is 2.79. The first-order valence-electron chi connectivity index (χ1n) is 5.56. The third kappa shape index (κ3) is 6.27. The summed E-state index contributed by atoms with van der Waals surface area (Å²) in [5.41, 5.74) is 0.652. The number of hydrogen-bond acceptors (Lipinski definition) is 4. The van der Waals surface area contributed by atoms with Gasteiger partial charge in [0.05, 0.1) is 0 Å². The fourth-order valence-corrected chi connectivity index (χ4v) is 2.05. The van der Waals surface area contributed by atoms with E-state index in [2.05, 4.69) is 0 Å². The molecule has 20 heavy (non-hydrogen) atoms. The topological polar surface area (TPSA) is 133 Å². The monoisotopic (exact) mass is 302 g/mol. The number of carboxylic acids is 1. The second kappa shape index (κ2) is 6.98. The van der Waals surface area contributed by atoms with E-state index in [1.165, 1.54) is 0 Å². The number of carbonyl (C=O) groups is 2. The lowest BCUT2D eigenvalue weighted by atomic mass is 10.1. The summed E-state index contributed by atoms with van der Waals surface area (Å²) >= 11 is 0. The van der Waals surface area contributed by atoms with Crippen LogP contribution in [0.3, 0.4) is 0 Å². The van der Waals surface area contributed by atoms with Gasteiger partial charge in [-0.2, -0.15) is 13.1 Å². The van der Waals surface area contributed by atoms with Crippen LogP contribution in [0.15, 0.2) is 30.3 Å². The minimum absolute atomic E-state index is 0.0217. The highest BCUT2D eigenvalue weighted by molar-refractivity contribution is 7.83. The van der Waals surface area contributed by atoms with Crippen LogP contribution in [0.1, 0.15) is 5.56 Å². The maximum Gasteiger partial charge on any atom is 0.334 e. The Kier molecular flexibility index (Phi) is 5.62. The average Bonchev–Trinajstić information content (AvgIpc) is 2.34. The van der Waals surface area contributed by atoms with Crippen LogP contribution in [0.2, 0.25) is 0 Å². The molecule has 1 aromatic rings. The summed E-state index contributed by atoms with van der Waals surface area (Å²) in [6, 6.07) is 7.20. The average molecular weight is 302 g/mol. The quantitative estimate of drug-likeness (QED) is 0.487. The van der Waals surface area contributed by atoms with E-state index in [1.807, 2.05) is 5.32 Å². The number of carboxylic acid groups (broad SMARTS) is 1. The molecule has 0 saturated carbocycles. The molecule has 0 heterocycles. The Morgan fingerprint density at radius 1 is 1.20 bits per heavy atom. The molecule has 1 atom stereocenters. The molecular formula is C11H14N2O6S. The van der Waals surface area contributed by atoms with Crippen molar-refractivity contribution in [1.29, 1.82) is 0 Å². The molecule has 8 nitrogen and oxygen atoms in total. The van der Waals surface area contributed by atoms with Gasteiger partial charge < -0.3 is 10.4 Å². The maximum atomic E-state index is 11.7.